The molecule has 1 N–H and O–H groups in total. The molecule has 3 rings (SSSR count). The first kappa shape index (κ1) is 20.3. The van der Waals surface area contributed by atoms with E-state index in [9.17, 15) is 14.9 Å². The average Bonchev–Trinajstić information content (AvgIpc) is 3.08. The topological polar surface area (TPSA) is 112 Å². The van der Waals surface area contributed by atoms with Gasteiger partial charge in [0.2, 0.25) is 5.91 Å². The molecule has 150 valence electrons. The minimum atomic E-state index is -0.474. The van der Waals surface area contributed by atoms with Gasteiger partial charge in [-0.25, -0.2) is 0 Å². The molecule has 0 unspecified atom stereocenters. The Morgan fingerprint density at radius 1 is 1.24 bits per heavy atom. The van der Waals surface area contributed by atoms with Crippen LogP contribution < -0.4 is 10.1 Å². The van der Waals surface area contributed by atoms with Crippen molar-refractivity contribution in [3.8, 4) is 17.1 Å². The molecule has 0 fully saturated rings. The average molecular weight is 413 g/mol. The molecule has 0 saturated heterocycles. The Morgan fingerprint density at radius 2 is 2.00 bits per heavy atom. The largest absolute Gasteiger partial charge is 0.496 e. The zero-order valence-electron chi connectivity index (χ0n) is 16.1. The molecule has 1 heterocycles. The van der Waals surface area contributed by atoms with Crippen LogP contribution in [0.2, 0.25) is 0 Å². The van der Waals surface area contributed by atoms with E-state index in [1.54, 1.807) is 24.7 Å². The second kappa shape index (κ2) is 8.74. The summed E-state index contributed by atoms with van der Waals surface area (Å²) in [6.07, 6.45) is 0. The molecule has 0 spiro atoms. The molecule has 2 aromatic carbocycles. The van der Waals surface area contributed by atoms with Crippen LogP contribution in [0.3, 0.4) is 0 Å². The van der Waals surface area contributed by atoms with Gasteiger partial charge >= 0.3 is 0 Å². The highest BCUT2D eigenvalue weighted by Crippen LogP contribution is 2.30. The lowest BCUT2D eigenvalue weighted by Crippen LogP contribution is -2.15. The van der Waals surface area contributed by atoms with Crippen LogP contribution in [0.25, 0.3) is 11.4 Å². The Bertz CT molecular complexity index is 1070. The van der Waals surface area contributed by atoms with Crippen LogP contribution in [-0.4, -0.2) is 38.5 Å². The van der Waals surface area contributed by atoms with E-state index in [-0.39, 0.29) is 17.3 Å². The summed E-state index contributed by atoms with van der Waals surface area (Å²) in [7, 11) is 3.40. The summed E-state index contributed by atoms with van der Waals surface area (Å²) in [5.74, 6) is 1.10. The number of nitrogens with zero attached hydrogens (tertiary/aromatic N) is 4. The maximum Gasteiger partial charge on any atom is 0.274 e. The fraction of sp³-hybridized carbons (Fsp3) is 0.211. The number of nitro benzene ring substituents is 1. The summed E-state index contributed by atoms with van der Waals surface area (Å²) in [5, 5.41) is 22.7. The van der Waals surface area contributed by atoms with Gasteiger partial charge in [0.1, 0.15) is 5.75 Å². The molecule has 0 aliphatic rings. The normalized spacial score (nSPS) is 10.6. The summed E-state index contributed by atoms with van der Waals surface area (Å²) in [5.41, 5.74) is 1.59. The number of carbonyl (C=O) groups is 1. The quantitative estimate of drug-likeness (QED) is 0.359. The van der Waals surface area contributed by atoms with Crippen LogP contribution in [0.4, 0.5) is 11.4 Å². The maximum absolute atomic E-state index is 12.3. The summed E-state index contributed by atoms with van der Waals surface area (Å²) < 4.78 is 7.15. The first-order valence-electron chi connectivity index (χ1n) is 8.61. The number of methoxy groups -OCH3 is 1. The number of carbonyl (C=O) groups excluding carboxylic acids is 1. The van der Waals surface area contributed by atoms with E-state index in [0.29, 0.717) is 28.0 Å². The van der Waals surface area contributed by atoms with Gasteiger partial charge in [-0.2, -0.15) is 0 Å². The number of hydrogen-bond donors (Lipinski definition) is 1. The molecule has 29 heavy (non-hydrogen) atoms. The van der Waals surface area contributed by atoms with Crippen molar-refractivity contribution in [2.45, 2.75) is 12.1 Å². The van der Waals surface area contributed by atoms with Gasteiger partial charge in [-0.1, -0.05) is 30.0 Å². The number of amides is 1. The lowest BCUT2D eigenvalue weighted by Gasteiger charge is -2.09. The number of ether oxygens (including phenoxy) is 1. The third kappa shape index (κ3) is 4.37. The van der Waals surface area contributed by atoms with Crippen LogP contribution in [-0.2, 0) is 11.8 Å². The van der Waals surface area contributed by atoms with Crippen molar-refractivity contribution in [2.24, 2.45) is 7.05 Å². The molecule has 0 atom stereocenters. The van der Waals surface area contributed by atoms with Crippen LogP contribution >= 0.6 is 11.8 Å². The smallest absolute Gasteiger partial charge is 0.274 e. The molecular formula is C19H19N5O4S. The van der Waals surface area contributed by atoms with E-state index < -0.39 is 4.92 Å². The van der Waals surface area contributed by atoms with E-state index >= 15 is 0 Å². The number of rotatable bonds is 7. The van der Waals surface area contributed by atoms with Crippen LogP contribution in [0.5, 0.6) is 5.75 Å². The van der Waals surface area contributed by atoms with Crippen molar-refractivity contribution >= 4 is 29.0 Å². The Hall–Kier alpha value is -3.40. The Morgan fingerprint density at radius 3 is 2.72 bits per heavy atom. The van der Waals surface area contributed by atoms with Gasteiger partial charge in [0.15, 0.2) is 11.0 Å². The Balaban J connectivity index is 1.70. The van der Waals surface area contributed by atoms with Crippen molar-refractivity contribution in [3.63, 3.8) is 0 Å². The van der Waals surface area contributed by atoms with Crippen LogP contribution in [0, 0.1) is 17.0 Å². The van der Waals surface area contributed by atoms with Gasteiger partial charge in [0, 0.05) is 13.1 Å². The van der Waals surface area contributed by atoms with E-state index in [2.05, 4.69) is 15.5 Å². The standard InChI is InChI=1S/C19H19N5O4S/c1-12-14(8-6-9-15(12)24(26)27)20-17(25)11-29-19-22-21-18(23(19)2)13-7-4-5-10-16(13)28-3/h4-10H,11H2,1-3H3,(H,20,25). The third-order valence-corrected chi connectivity index (χ3v) is 5.31. The highest BCUT2D eigenvalue weighted by molar-refractivity contribution is 7.99. The zero-order valence-corrected chi connectivity index (χ0v) is 16.9. The van der Waals surface area contributed by atoms with Crippen molar-refractivity contribution in [1.82, 2.24) is 14.8 Å². The predicted octanol–water partition coefficient (Wildman–Crippen LogP) is 3.44. The molecule has 9 nitrogen and oxygen atoms in total. The van der Waals surface area contributed by atoms with E-state index in [0.717, 1.165) is 5.56 Å². The molecule has 0 saturated carbocycles. The highest BCUT2D eigenvalue weighted by Gasteiger charge is 2.17. The third-order valence-electron chi connectivity index (χ3n) is 4.29. The van der Waals surface area contributed by atoms with E-state index in [1.165, 1.54) is 23.9 Å². The monoisotopic (exact) mass is 413 g/mol. The first-order chi connectivity index (χ1) is 13.9. The zero-order chi connectivity index (χ0) is 21.0. The van der Waals surface area contributed by atoms with Gasteiger partial charge in [0.05, 0.1) is 34.6 Å². The maximum atomic E-state index is 12.3. The van der Waals surface area contributed by atoms with Crippen molar-refractivity contribution < 1.29 is 14.5 Å². The molecule has 0 radical (unpaired) electrons. The number of nitrogens with one attached hydrogen (secondary N) is 1. The van der Waals surface area contributed by atoms with E-state index in [1.807, 2.05) is 31.3 Å². The Labute approximate surface area is 171 Å². The van der Waals surface area contributed by atoms with Gasteiger partial charge < -0.3 is 14.6 Å². The van der Waals surface area contributed by atoms with Crippen LogP contribution in [0.15, 0.2) is 47.6 Å². The lowest BCUT2D eigenvalue weighted by molar-refractivity contribution is -0.385. The lowest BCUT2D eigenvalue weighted by atomic mass is 10.1. The first-order valence-corrected chi connectivity index (χ1v) is 9.60. The number of hydrogen-bond acceptors (Lipinski definition) is 7. The van der Waals surface area contributed by atoms with E-state index in [4.69, 9.17) is 4.74 Å². The predicted molar refractivity (Wildman–Crippen MR) is 110 cm³/mol. The molecule has 10 heteroatoms. The summed E-state index contributed by atoms with van der Waals surface area (Å²) in [6.45, 7) is 1.60. The minimum absolute atomic E-state index is 0.0368. The molecule has 1 aromatic heterocycles. The van der Waals surface area contributed by atoms with Gasteiger partial charge in [-0.3, -0.25) is 14.9 Å². The SMILES string of the molecule is COc1ccccc1-c1nnc(SCC(=O)Nc2cccc([N+](=O)[O-])c2C)n1C. The number of aromatic nitrogens is 3. The second-order valence-corrected chi connectivity index (χ2v) is 7.05. The molecular weight excluding hydrogens is 394 g/mol. The van der Waals surface area contributed by atoms with Gasteiger partial charge in [-0.05, 0) is 25.1 Å². The fourth-order valence-electron chi connectivity index (χ4n) is 2.78. The fourth-order valence-corrected chi connectivity index (χ4v) is 3.49. The molecule has 0 aliphatic heterocycles. The number of anilines is 1. The summed E-state index contributed by atoms with van der Waals surface area (Å²) in [4.78, 5) is 22.9. The molecule has 1 amide bonds. The Kier molecular flexibility index (Phi) is 6.13. The number of thioether (sulfide) groups is 1. The van der Waals surface area contributed by atoms with Crippen molar-refractivity contribution in [2.75, 3.05) is 18.2 Å². The molecule has 3 aromatic rings. The number of nitro groups is 1. The summed E-state index contributed by atoms with van der Waals surface area (Å²) >= 11 is 1.22. The van der Waals surface area contributed by atoms with Gasteiger partial charge in [0.25, 0.3) is 5.69 Å². The molecule has 0 aliphatic carbocycles. The number of benzene rings is 2. The van der Waals surface area contributed by atoms with Crippen molar-refractivity contribution in [1.29, 1.82) is 0 Å². The number of para-hydroxylation sites is 1. The van der Waals surface area contributed by atoms with Gasteiger partial charge in [-0.15, -0.1) is 10.2 Å². The highest BCUT2D eigenvalue weighted by atomic mass is 32.2. The van der Waals surface area contributed by atoms with Crippen molar-refractivity contribution in [3.05, 3.63) is 58.1 Å². The molecule has 0 bridgehead atoms. The summed E-state index contributed by atoms with van der Waals surface area (Å²) in [6, 6.07) is 12.0. The minimum Gasteiger partial charge on any atom is -0.496 e. The van der Waals surface area contributed by atoms with Crippen LogP contribution in [0.1, 0.15) is 5.56 Å². The second-order valence-electron chi connectivity index (χ2n) is 6.11.